The Bertz CT molecular complexity index is 637. The Balaban J connectivity index is 2.89. The lowest BCUT2D eigenvalue weighted by atomic mass is 9.95. The summed E-state index contributed by atoms with van der Waals surface area (Å²) in [5.74, 6) is 0.160. The minimum absolute atomic E-state index is 0.160. The van der Waals surface area contributed by atoms with Crippen molar-refractivity contribution >= 4 is 5.82 Å². The standard InChI is InChI=1S/C14H10N4/c1-9-11(7-15)13(10-5-3-2-4-6-10)12(8-16)14(17)18-9/h2-6H,1H3,(H2,17,18). The molecule has 0 unspecified atom stereocenters. The number of nitrogen functional groups attached to an aromatic ring is 1. The van der Waals surface area contributed by atoms with Gasteiger partial charge in [-0.15, -0.1) is 0 Å². The van der Waals surface area contributed by atoms with Crippen LogP contribution in [0.25, 0.3) is 11.1 Å². The Labute approximate surface area is 105 Å². The molecule has 0 amide bonds. The van der Waals surface area contributed by atoms with Crippen molar-refractivity contribution in [3.8, 4) is 23.3 Å². The molecule has 2 rings (SSSR count). The highest BCUT2D eigenvalue weighted by Gasteiger charge is 2.17. The zero-order valence-electron chi connectivity index (χ0n) is 9.81. The third kappa shape index (κ3) is 1.77. The minimum Gasteiger partial charge on any atom is -0.383 e. The molecular formula is C14H10N4. The maximum Gasteiger partial charge on any atom is 0.142 e. The quantitative estimate of drug-likeness (QED) is 0.820. The van der Waals surface area contributed by atoms with E-state index in [4.69, 9.17) is 5.73 Å². The second-order valence-electron chi connectivity index (χ2n) is 3.80. The van der Waals surface area contributed by atoms with Gasteiger partial charge in [-0.3, -0.25) is 0 Å². The van der Waals surface area contributed by atoms with Crippen LogP contribution < -0.4 is 5.73 Å². The van der Waals surface area contributed by atoms with E-state index >= 15 is 0 Å². The highest BCUT2D eigenvalue weighted by atomic mass is 14.8. The molecule has 4 heteroatoms. The van der Waals surface area contributed by atoms with E-state index in [1.54, 1.807) is 6.92 Å². The number of nitrogens with zero attached hydrogens (tertiary/aromatic N) is 3. The molecule has 0 aliphatic heterocycles. The SMILES string of the molecule is Cc1nc(N)c(C#N)c(-c2ccccc2)c1C#N. The predicted octanol–water partition coefficient (Wildman–Crippen LogP) is 2.38. The van der Waals surface area contributed by atoms with E-state index in [-0.39, 0.29) is 11.4 Å². The molecule has 4 nitrogen and oxygen atoms in total. The number of nitrogens with two attached hydrogens (primary N) is 1. The van der Waals surface area contributed by atoms with E-state index in [0.29, 0.717) is 16.8 Å². The molecule has 86 valence electrons. The number of nitriles is 2. The third-order valence-corrected chi connectivity index (χ3v) is 2.69. The van der Waals surface area contributed by atoms with Crippen molar-refractivity contribution < 1.29 is 0 Å². The molecule has 0 aliphatic carbocycles. The van der Waals surface area contributed by atoms with Gasteiger partial charge in [0, 0.05) is 5.56 Å². The number of pyridine rings is 1. The van der Waals surface area contributed by atoms with Crippen molar-refractivity contribution in [1.82, 2.24) is 4.98 Å². The van der Waals surface area contributed by atoms with Crippen molar-refractivity contribution in [2.45, 2.75) is 6.92 Å². The van der Waals surface area contributed by atoms with E-state index in [0.717, 1.165) is 5.56 Å². The van der Waals surface area contributed by atoms with Crippen LogP contribution in [0.3, 0.4) is 0 Å². The Hall–Kier alpha value is -2.85. The summed E-state index contributed by atoms with van der Waals surface area (Å²) < 4.78 is 0. The number of hydrogen-bond donors (Lipinski definition) is 1. The largest absolute Gasteiger partial charge is 0.383 e. The first-order chi connectivity index (χ1) is 8.69. The topological polar surface area (TPSA) is 86.5 Å². The van der Waals surface area contributed by atoms with Crippen LogP contribution in [0.1, 0.15) is 16.8 Å². The predicted molar refractivity (Wildman–Crippen MR) is 68.3 cm³/mol. The Morgan fingerprint density at radius 2 is 1.67 bits per heavy atom. The molecule has 2 aromatic rings. The lowest BCUT2D eigenvalue weighted by Crippen LogP contribution is -2.03. The highest BCUT2D eigenvalue weighted by Crippen LogP contribution is 2.31. The lowest BCUT2D eigenvalue weighted by molar-refractivity contribution is 1.18. The van der Waals surface area contributed by atoms with Crippen LogP contribution in [-0.2, 0) is 0 Å². The van der Waals surface area contributed by atoms with Gasteiger partial charge in [0.05, 0.1) is 11.3 Å². The number of aryl methyl sites for hydroxylation is 1. The molecule has 0 saturated heterocycles. The molecule has 0 saturated carbocycles. The first-order valence-corrected chi connectivity index (χ1v) is 5.34. The van der Waals surface area contributed by atoms with E-state index in [9.17, 15) is 10.5 Å². The number of rotatable bonds is 1. The average molecular weight is 234 g/mol. The van der Waals surface area contributed by atoms with Gasteiger partial charge in [0.2, 0.25) is 0 Å². The van der Waals surface area contributed by atoms with Gasteiger partial charge < -0.3 is 5.73 Å². The maximum absolute atomic E-state index is 9.23. The molecule has 0 aliphatic rings. The monoisotopic (exact) mass is 234 g/mol. The van der Waals surface area contributed by atoms with Crippen molar-refractivity contribution in [1.29, 1.82) is 10.5 Å². The zero-order chi connectivity index (χ0) is 13.1. The van der Waals surface area contributed by atoms with Crippen molar-refractivity contribution in [2.75, 3.05) is 5.73 Å². The lowest BCUT2D eigenvalue weighted by Gasteiger charge is -2.10. The van der Waals surface area contributed by atoms with Crippen LogP contribution in [0.4, 0.5) is 5.82 Å². The summed E-state index contributed by atoms with van der Waals surface area (Å²) >= 11 is 0. The molecule has 1 aromatic heterocycles. The van der Waals surface area contributed by atoms with Crippen molar-refractivity contribution in [2.24, 2.45) is 0 Å². The summed E-state index contributed by atoms with van der Waals surface area (Å²) in [4.78, 5) is 4.03. The molecule has 0 bridgehead atoms. The minimum atomic E-state index is 0.160. The summed E-state index contributed by atoms with van der Waals surface area (Å²) in [6.45, 7) is 1.71. The molecule has 1 aromatic carbocycles. The van der Waals surface area contributed by atoms with Crippen LogP contribution in [-0.4, -0.2) is 4.98 Å². The second kappa shape index (κ2) is 4.57. The fourth-order valence-electron chi connectivity index (χ4n) is 1.87. The van der Waals surface area contributed by atoms with Crippen molar-refractivity contribution in [3.63, 3.8) is 0 Å². The fourth-order valence-corrected chi connectivity index (χ4v) is 1.87. The Kier molecular flexibility index (Phi) is 2.95. The van der Waals surface area contributed by atoms with E-state index < -0.39 is 0 Å². The van der Waals surface area contributed by atoms with Gasteiger partial charge in [-0.1, -0.05) is 30.3 Å². The molecule has 0 radical (unpaired) electrons. The average Bonchev–Trinajstić information content (AvgIpc) is 2.39. The summed E-state index contributed by atoms with van der Waals surface area (Å²) in [6, 6.07) is 13.4. The normalized spacial score (nSPS) is 9.50. The van der Waals surface area contributed by atoms with Crippen LogP contribution >= 0.6 is 0 Å². The van der Waals surface area contributed by atoms with Gasteiger partial charge in [-0.2, -0.15) is 10.5 Å². The molecule has 18 heavy (non-hydrogen) atoms. The van der Waals surface area contributed by atoms with Crippen LogP contribution in [0.5, 0.6) is 0 Å². The molecule has 1 heterocycles. The molecular weight excluding hydrogens is 224 g/mol. The van der Waals surface area contributed by atoms with Gasteiger partial charge in [0.15, 0.2) is 0 Å². The van der Waals surface area contributed by atoms with E-state index in [2.05, 4.69) is 11.1 Å². The van der Waals surface area contributed by atoms with Crippen LogP contribution in [0.2, 0.25) is 0 Å². The van der Waals surface area contributed by atoms with Gasteiger partial charge >= 0.3 is 0 Å². The number of anilines is 1. The van der Waals surface area contributed by atoms with Crippen LogP contribution in [0, 0.1) is 29.6 Å². The van der Waals surface area contributed by atoms with Gasteiger partial charge in [-0.05, 0) is 12.5 Å². The number of benzene rings is 1. The summed E-state index contributed by atoms with van der Waals surface area (Å²) in [5.41, 5.74) is 8.29. The second-order valence-corrected chi connectivity index (χ2v) is 3.80. The highest BCUT2D eigenvalue weighted by molar-refractivity contribution is 5.81. The summed E-state index contributed by atoms with van der Waals surface area (Å²) in [6.07, 6.45) is 0. The number of hydrogen-bond acceptors (Lipinski definition) is 4. The van der Waals surface area contributed by atoms with Gasteiger partial charge in [0.1, 0.15) is 23.5 Å². The van der Waals surface area contributed by atoms with Gasteiger partial charge in [-0.25, -0.2) is 4.98 Å². The Morgan fingerprint density at radius 1 is 1.06 bits per heavy atom. The van der Waals surface area contributed by atoms with Gasteiger partial charge in [0.25, 0.3) is 0 Å². The summed E-state index contributed by atoms with van der Waals surface area (Å²) in [5, 5.41) is 18.4. The third-order valence-electron chi connectivity index (χ3n) is 2.69. The van der Waals surface area contributed by atoms with Crippen LogP contribution in [0.15, 0.2) is 30.3 Å². The summed E-state index contributed by atoms with van der Waals surface area (Å²) in [7, 11) is 0. The van der Waals surface area contributed by atoms with E-state index in [1.165, 1.54) is 0 Å². The first-order valence-electron chi connectivity index (χ1n) is 5.34. The molecule has 0 fully saturated rings. The maximum atomic E-state index is 9.23. The van der Waals surface area contributed by atoms with Crippen molar-refractivity contribution in [3.05, 3.63) is 47.2 Å². The molecule has 0 spiro atoms. The zero-order valence-corrected chi connectivity index (χ0v) is 9.81. The molecule has 0 atom stereocenters. The fraction of sp³-hybridized carbons (Fsp3) is 0.0714. The Morgan fingerprint density at radius 3 is 2.22 bits per heavy atom. The number of aromatic nitrogens is 1. The van der Waals surface area contributed by atoms with E-state index in [1.807, 2.05) is 36.4 Å². The smallest absolute Gasteiger partial charge is 0.142 e. The first kappa shape index (κ1) is 11.6. The molecule has 2 N–H and O–H groups in total.